The molecule has 0 spiro atoms. The highest BCUT2D eigenvalue weighted by molar-refractivity contribution is 7.15. The van der Waals surface area contributed by atoms with Gasteiger partial charge in [-0.25, -0.2) is 0 Å². The Bertz CT molecular complexity index is 670. The molecule has 2 aromatic rings. The van der Waals surface area contributed by atoms with Gasteiger partial charge in [0, 0.05) is 13.0 Å². The van der Waals surface area contributed by atoms with Gasteiger partial charge in [0.2, 0.25) is 16.0 Å². The van der Waals surface area contributed by atoms with E-state index in [9.17, 15) is 22.8 Å². The summed E-state index contributed by atoms with van der Waals surface area (Å²) in [6.45, 7) is 0.286. The van der Waals surface area contributed by atoms with Crippen LogP contribution >= 0.6 is 22.7 Å². The molecule has 2 N–H and O–H groups in total. The molecule has 0 radical (unpaired) electrons. The first-order chi connectivity index (χ1) is 10.9. The highest BCUT2D eigenvalue weighted by Gasteiger charge is 2.35. The normalized spacial score (nSPS) is 11.3. The van der Waals surface area contributed by atoms with E-state index >= 15 is 0 Å². The molecular weight excluding hydrogens is 353 g/mol. The van der Waals surface area contributed by atoms with Crippen LogP contribution in [0.4, 0.5) is 18.3 Å². The molecule has 11 heteroatoms. The van der Waals surface area contributed by atoms with Crippen LogP contribution in [0, 0.1) is 0 Å². The summed E-state index contributed by atoms with van der Waals surface area (Å²) >= 11 is 1.57. The van der Waals surface area contributed by atoms with Crippen molar-refractivity contribution in [3.63, 3.8) is 0 Å². The van der Waals surface area contributed by atoms with Gasteiger partial charge in [0.1, 0.15) is 0 Å². The molecule has 2 rings (SSSR count). The predicted octanol–water partition coefficient (Wildman–Crippen LogP) is 2.77. The Balaban J connectivity index is 1.69. The fourth-order valence-electron chi connectivity index (χ4n) is 1.52. The largest absolute Gasteiger partial charge is 0.445 e. The molecule has 0 aliphatic rings. The lowest BCUT2D eigenvalue weighted by Crippen LogP contribution is -2.24. The number of halogens is 3. The van der Waals surface area contributed by atoms with Crippen LogP contribution in [0.25, 0.3) is 0 Å². The molecule has 0 atom stereocenters. The highest BCUT2D eigenvalue weighted by atomic mass is 32.1. The number of carbonyl (C=O) groups is 2. The van der Waals surface area contributed by atoms with Crippen LogP contribution in [0.1, 0.15) is 27.5 Å². The molecule has 0 saturated heterocycles. The molecule has 0 saturated carbocycles. The molecule has 124 valence electrons. The molecule has 23 heavy (non-hydrogen) atoms. The van der Waals surface area contributed by atoms with E-state index in [1.807, 2.05) is 0 Å². The maximum atomic E-state index is 12.3. The first kappa shape index (κ1) is 17.3. The van der Waals surface area contributed by atoms with E-state index in [2.05, 4.69) is 20.8 Å². The standard InChI is InChI=1S/C12H11F3N4O2S2/c13-12(14,15)10-18-19-11(23-10)17-8(20)4-1-5-16-9(21)7-3-2-6-22-7/h2-3,6H,1,4-5H2,(H,16,21)(H,17,19,20). The zero-order chi connectivity index (χ0) is 16.9. The van der Waals surface area contributed by atoms with Crippen LogP contribution in [-0.2, 0) is 11.0 Å². The molecule has 0 bridgehead atoms. The van der Waals surface area contributed by atoms with E-state index in [1.165, 1.54) is 11.3 Å². The maximum absolute atomic E-state index is 12.3. The van der Waals surface area contributed by atoms with Crippen molar-refractivity contribution in [3.05, 3.63) is 27.4 Å². The van der Waals surface area contributed by atoms with Crippen molar-refractivity contribution in [2.45, 2.75) is 19.0 Å². The lowest BCUT2D eigenvalue weighted by Gasteiger charge is -2.03. The van der Waals surface area contributed by atoms with Gasteiger partial charge < -0.3 is 10.6 Å². The predicted molar refractivity (Wildman–Crippen MR) is 79.4 cm³/mol. The van der Waals surface area contributed by atoms with Crippen molar-refractivity contribution in [3.8, 4) is 0 Å². The number of amides is 2. The van der Waals surface area contributed by atoms with Crippen LogP contribution in [-0.4, -0.2) is 28.6 Å². The van der Waals surface area contributed by atoms with E-state index < -0.39 is 17.1 Å². The fraction of sp³-hybridized carbons (Fsp3) is 0.333. The Morgan fingerprint density at radius 3 is 2.65 bits per heavy atom. The number of alkyl halides is 3. The summed E-state index contributed by atoms with van der Waals surface area (Å²) in [4.78, 5) is 23.8. The second kappa shape index (κ2) is 7.51. The van der Waals surface area contributed by atoms with Crippen molar-refractivity contribution in [2.24, 2.45) is 0 Å². The molecule has 0 fully saturated rings. The number of aromatic nitrogens is 2. The summed E-state index contributed by atoms with van der Waals surface area (Å²) in [7, 11) is 0. The number of hydrogen-bond donors (Lipinski definition) is 2. The third kappa shape index (κ3) is 5.28. The lowest BCUT2D eigenvalue weighted by molar-refractivity contribution is -0.138. The van der Waals surface area contributed by atoms with Crippen molar-refractivity contribution >= 4 is 39.6 Å². The fourth-order valence-corrected chi connectivity index (χ4v) is 2.78. The number of nitrogens with zero attached hydrogens (tertiary/aromatic N) is 2. The minimum atomic E-state index is -4.58. The summed E-state index contributed by atoms with van der Waals surface area (Å²) in [5, 5.41) is 11.6. The monoisotopic (exact) mass is 364 g/mol. The Hall–Kier alpha value is -2.01. The number of anilines is 1. The summed E-state index contributed by atoms with van der Waals surface area (Å²) in [6, 6.07) is 3.44. The van der Waals surface area contributed by atoms with Crippen LogP contribution < -0.4 is 10.6 Å². The second-order valence-electron chi connectivity index (χ2n) is 4.30. The van der Waals surface area contributed by atoms with Gasteiger partial charge in [-0.1, -0.05) is 17.4 Å². The Kier molecular flexibility index (Phi) is 5.66. The third-order valence-corrected chi connectivity index (χ3v) is 4.28. The second-order valence-corrected chi connectivity index (χ2v) is 6.22. The maximum Gasteiger partial charge on any atom is 0.445 e. The molecule has 0 aliphatic carbocycles. The van der Waals surface area contributed by atoms with Crippen LogP contribution in [0.2, 0.25) is 0 Å². The van der Waals surface area contributed by atoms with Gasteiger partial charge in [-0.2, -0.15) is 13.2 Å². The van der Waals surface area contributed by atoms with Gasteiger partial charge in [0.15, 0.2) is 0 Å². The average molecular weight is 364 g/mol. The van der Waals surface area contributed by atoms with Crippen LogP contribution in [0.3, 0.4) is 0 Å². The Morgan fingerprint density at radius 1 is 1.26 bits per heavy atom. The van der Waals surface area contributed by atoms with Gasteiger partial charge in [0.05, 0.1) is 4.88 Å². The molecule has 6 nitrogen and oxygen atoms in total. The number of rotatable bonds is 6. The molecular formula is C12H11F3N4O2S2. The number of hydrogen-bond acceptors (Lipinski definition) is 6. The molecule has 2 amide bonds. The summed E-state index contributed by atoms with van der Waals surface area (Å²) < 4.78 is 37.0. The van der Waals surface area contributed by atoms with E-state index in [0.29, 0.717) is 11.3 Å². The highest BCUT2D eigenvalue weighted by Crippen LogP contribution is 2.32. The number of nitrogens with one attached hydrogen (secondary N) is 2. The van der Waals surface area contributed by atoms with Gasteiger partial charge in [-0.15, -0.1) is 21.5 Å². The Morgan fingerprint density at radius 2 is 2.04 bits per heavy atom. The summed E-state index contributed by atoms with van der Waals surface area (Å²) in [6.07, 6.45) is -4.17. The van der Waals surface area contributed by atoms with Crippen molar-refractivity contribution in [2.75, 3.05) is 11.9 Å². The lowest BCUT2D eigenvalue weighted by atomic mass is 10.3. The summed E-state index contributed by atoms with van der Waals surface area (Å²) in [5.41, 5.74) is 0. The van der Waals surface area contributed by atoms with Crippen molar-refractivity contribution in [1.29, 1.82) is 0 Å². The van der Waals surface area contributed by atoms with E-state index in [1.54, 1.807) is 17.5 Å². The Labute approximate surface area is 136 Å². The minimum absolute atomic E-state index is 0.0473. The van der Waals surface area contributed by atoms with Gasteiger partial charge in [-0.05, 0) is 17.9 Å². The number of thiophene rings is 1. The molecule has 2 aromatic heterocycles. The average Bonchev–Trinajstić information content (AvgIpc) is 3.13. The molecule has 0 aromatic carbocycles. The quantitative estimate of drug-likeness (QED) is 0.772. The zero-order valence-electron chi connectivity index (χ0n) is 11.5. The SMILES string of the molecule is O=C(CCCNC(=O)c1cccs1)Nc1nnc(C(F)(F)F)s1. The zero-order valence-corrected chi connectivity index (χ0v) is 13.1. The van der Waals surface area contributed by atoms with Crippen LogP contribution in [0.15, 0.2) is 17.5 Å². The smallest absolute Gasteiger partial charge is 0.351 e. The van der Waals surface area contributed by atoms with Crippen molar-refractivity contribution in [1.82, 2.24) is 15.5 Å². The molecule has 0 unspecified atom stereocenters. The molecule has 0 aliphatic heterocycles. The number of carbonyl (C=O) groups excluding carboxylic acids is 2. The molecule has 2 heterocycles. The van der Waals surface area contributed by atoms with E-state index in [4.69, 9.17) is 0 Å². The topological polar surface area (TPSA) is 84.0 Å². The van der Waals surface area contributed by atoms with E-state index in [0.717, 1.165) is 0 Å². The van der Waals surface area contributed by atoms with E-state index in [-0.39, 0.29) is 35.3 Å². The summed E-state index contributed by atoms with van der Waals surface area (Å²) in [5.74, 6) is -0.709. The first-order valence-corrected chi connectivity index (χ1v) is 8.08. The van der Waals surface area contributed by atoms with Crippen LogP contribution in [0.5, 0.6) is 0 Å². The van der Waals surface area contributed by atoms with Gasteiger partial charge in [-0.3, -0.25) is 9.59 Å². The first-order valence-electron chi connectivity index (χ1n) is 6.38. The minimum Gasteiger partial charge on any atom is -0.351 e. The van der Waals surface area contributed by atoms with Gasteiger partial charge >= 0.3 is 6.18 Å². The van der Waals surface area contributed by atoms with Crippen molar-refractivity contribution < 1.29 is 22.8 Å². The van der Waals surface area contributed by atoms with Gasteiger partial charge in [0.25, 0.3) is 5.91 Å². The third-order valence-electron chi connectivity index (χ3n) is 2.52.